The van der Waals surface area contributed by atoms with Crippen LogP contribution >= 0.6 is 0 Å². The zero-order valence-corrected chi connectivity index (χ0v) is 15.4. The van der Waals surface area contributed by atoms with Crippen molar-refractivity contribution in [2.24, 2.45) is 5.10 Å². The Morgan fingerprint density at radius 2 is 1.89 bits per heavy atom. The first-order valence-corrected chi connectivity index (χ1v) is 8.59. The van der Waals surface area contributed by atoms with Gasteiger partial charge in [0.2, 0.25) is 0 Å². The molecule has 0 atom stereocenters. The molecule has 0 saturated carbocycles. The molecule has 3 aromatic rings. The summed E-state index contributed by atoms with van der Waals surface area (Å²) in [5, 5.41) is 15.8. The van der Waals surface area contributed by atoms with E-state index in [1.165, 1.54) is 6.21 Å². The van der Waals surface area contributed by atoms with Crippen molar-refractivity contribution in [3.05, 3.63) is 78.4 Å². The number of hydrogen-bond donors (Lipinski definition) is 2. The average molecular weight is 376 g/mol. The van der Waals surface area contributed by atoms with E-state index < -0.39 is 5.91 Å². The summed E-state index contributed by atoms with van der Waals surface area (Å²) < 4.78 is 10.8. The lowest BCUT2D eigenvalue weighted by Crippen LogP contribution is -2.17. The van der Waals surface area contributed by atoms with Gasteiger partial charge in [-0.1, -0.05) is 36.9 Å². The minimum absolute atomic E-state index is 0.100. The highest BCUT2D eigenvalue weighted by Gasteiger charge is 2.12. The molecule has 0 aliphatic rings. The summed E-state index contributed by atoms with van der Waals surface area (Å²) in [5.74, 6) is 0.531. The van der Waals surface area contributed by atoms with Crippen LogP contribution < -0.4 is 14.9 Å². The Kier molecular flexibility index (Phi) is 5.91. The van der Waals surface area contributed by atoms with E-state index in [1.807, 2.05) is 24.3 Å². The van der Waals surface area contributed by atoms with Crippen LogP contribution in [0.5, 0.6) is 17.2 Å². The topological polar surface area (TPSA) is 80.2 Å². The lowest BCUT2D eigenvalue weighted by Gasteiger charge is -2.09. The number of nitrogens with one attached hydrogen (secondary N) is 1. The van der Waals surface area contributed by atoms with Gasteiger partial charge in [0, 0.05) is 0 Å². The number of rotatable bonds is 7. The Morgan fingerprint density at radius 3 is 2.61 bits per heavy atom. The van der Waals surface area contributed by atoms with Crippen molar-refractivity contribution in [2.45, 2.75) is 0 Å². The van der Waals surface area contributed by atoms with Crippen molar-refractivity contribution in [2.75, 3.05) is 13.7 Å². The number of hydrazone groups is 1. The second-order valence-corrected chi connectivity index (χ2v) is 5.93. The number of nitrogens with zero attached hydrogens (tertiary/aromatic N) is 1. The number of methoxy groups -OCH3 is 1. The first-order chi connectivity index (χ1) is 13.6. The van der Waals surface area contributed by atoms with Gasteiger partial charge in [0.05, 0.1) is 18.9 Å². The number of aromatic hydroxyl groups is 1. The predicted molar refractivity (Wildman–Crippen MR) is 109 cm³/mol. The molecule has 3 rings (SSSR count). The number of phenolic OH excluding ortho intramolecular Hbond substituents is 1. The number of hydrogen-bond acceptors (Lipinski definition) is 5. The molecule has 28 heavy (non-hydrogen) atoms. The van der Waals surface area contributed by atoms with Gasteiger partial charge in [-0.15, -0.1) is 0 Å². The molecule has 0 aliphatic carbocycles. The second-order valence-electron chi connectivity index (χ2n) is 5.93. The summed E-state index contributed by atoms with van der Waals surface area (Å²) in [5.41, 5.74) is 3.29. The molecule has 0 bridgehead atoms. The van der Waals surface area contributed by atoms with Gasteiger partial charge in [-0.05, 0) is 46.7 Å². The van der Waals surface area contributed by atoms with E-state index in [0.717, 1.165) is 10.8 Å². The highest BCUT2D eigenvalue weighted by atomic mass is 16.5. The van der Waals surface area contributed by atoms with Gasteiger partial charge in [-0.25, -0.2) is 5.43 Å². The lowest BCUT2D eigenvalue weighted by atomic mass is 10.1. The molecule has 6 heteroatoms. The largest absolute Gasteiger partial charge is 0.507 e. The van der Waals surface area contributed by atoms with Crippen molar-refractivity contribution in [1.29, 1.82) is 0 Å². The molecule has 0 saturated heterocycles. The summed E-state index contributed by atoms with van der Waals surface area (Å²) in [6, 6.07) is 15.9. The Balaban J connectivity index is 1.73. The molecule has 6 nitrogen and oxygen atoms in total. The summed E-state index contributed by atoms with van der Waals surface area (Å²) in [7, 11) is 1.54. The monoisotopic (exact) mass is 376 g/mol. The van der Waals surface area contributed by atoms with Gasteiger partial charge >= 0.3 is 0 Å². The normalized spacial score (nSPS) is 10.8. The molecule has 2 N–H and O–H groups in total. The Bertz CT molecular complexity index is 1040. The molecule has 0 aliphatic heterocycles. The summed E-state index contributed by atoms with van der Waals surface area (Å²) in [4.78, 5) is 12.4. The van der Waals surface area contributed by atoms with Gasteiger partial charge in [0.15, 0.2) is 11.5 Å². The molecule has 0 unspecified atom stereocenters. The Hall–Kier alpha value is -3.80. The van der Waals surface area contributed by atoms with Crippen LogP contribution in [0.4, 0.5) is 0 Å². The SMILES string of the molecule is C=CCOc1ccc(C=NNC(=O)c2cc3ccccc3cc2O)cc1OC. The number of ether oxygens (including phenoxy) is 2. The third-order valence-electron chi connectivity index (χ3n) is 4.03. The van der Waals surface area contributed by atoms with E-state index in [2.05, 4.69) is 17.1 Å². The maximum absolute atomic E-state index is 12.4. The van der Waals surface area contributed by atoms with Crippen LogP contribution in [-0.2, 0) is 0 Å². The highest BCUT2D eigenvalue weighted by Crippen LogP contribution is 2.27. The minimum Gasteiger partial charge on any atom is -0.507 e. The van der Waals surface area contributed by atoms with Crippen molar-refractivity contribution in [3.63, 3.8) is 0 Å². The summed E-state index contributed by atoms with van der Waals surface area (Å²) in [6.45, 7) is 3.98. The molecule has 3 aromatic carbocycles. The van der Waals surface area contributed by atoms with Crippen LogP contribution in [0.3, 0.4) is 0 Å². The first-order valence-electron chi connectivity index (χ1n) is 8.59. The zero-order valence-electron chi connectivity index (χ0n) is 15.4. The van der Waals surface area contributed by atoms with Crippen molar-refractivity contribution < 1.29 is 19.4 Å². The van der Waals surface area contributed by atoms with Crippen LogP contribution in [0.1, 0.15) is 15.9 Å². The summed E-state index contributed by atoms with van der Waals surface area (Å²) in [6.07, 6.45) is 3.13. The molecular weight excluding hydrogens is 356 g/mol. The first kappa shape index (κ1) is 19.0. The van der Waals surface area contributed by atoms with Crippen LogP contribution in [0.2, 0.25) is 0 Å². The van der Waals surface area contributed by atoms with Crippen LogP contribution in [-0.4, -0.2) is 30.9 Å². The predicted octanol–water partition coefficient (Wildman–Crippen LogP) is 3.88. The number of carbonyl (C=O) groups is 1. The fraction of sp³-hybridized carbons (Fsp3) is 0.0909. The minimum atomic E-state index is -0.502. The number of benzene rings is 3. The van der Waals surface area contributed by atoms with Crippen molar-refractivity contribution in [1.82, 2.24) is 5.43 Å². The van der Waals surface area contributed by atoms with E-state index in [0.29, 0.717) is 23.7 Å². The Morgan fingerprint density at radius 1 is 1.14 bits per heavy atom. The van der Waals surface area contributed by atoms with E-state index in [9.17, 15) is 9.90 Å². The van der Waals surface area contributed by atoms with Crippen molar-refractivity contribution >= 4 is 22.9 Å². The van der Waals surface area contributed by atoms with Gasteiger partial charge in [-0.3, -0.25) is 4.79 Å². The van der Waals surface area contributed by atoms with Crippen LogP contribution in [0.25, 0.3) is 10.8 Å². The van der Waals surface area contributed by atoms with E-state index >= 15 is 0 Å². The fourth-order valence-electron chi connectivity index (χ4n) is 2.67. The summed E-state index contributed by atoms with van der Waals surface area (Å²) >= 11 is 0. The van der Waals surface area contributed by atoms with E-state index in [4.69, 9.17) is 9.47 Å². The van der Waals surface area contributed by atoms with Gasteiger partial charge in [0.1, 0.15) is 12.4 Å². The quantitative estimate of drug-likeness (QED) is 0.373. The second kappa shape index (κ2) is 8.73. The van der Waals surface area contributed by atoms with Gasteiger partial charge < -0.3 is 14.6 Å². The van der Waals surface area contributed by atoms with E-state index in [1.54, 1.807) is 43.5 Å². The number of amides is 1. The van der Waals surface area contributed by atoms with Gasteiger partial charge in [0.25, 0.3) is 5.91 Å². The molecule has 0 spiro atoms. The fourth-order valence-corrected chi connectivity index (χ4v) is 2.67. The lowest BCUT2D eigenvalue weighted by molar-refractivity contribution is 0.0952. The van der Waals surface area contributed by atoms with Crippen molar-refractivity contribution in [3.8, 4) is 17.2 Å². The van der Waals surface area contributed by atoms with Crippen LogP contribution in [0.15, 0.2) is 72.4 Å². The average Bonchev–Trinajstić information content (AvgIpc) is 2.72. The molecule has 0 radical (unpaired) electrons. The van der Waals surface area contributed by atoms with Crippen LogP contribution in [0, 0.1) is 0 Å². The highest BCUT2D eigenvalue weighted by molar-refractivity contribution is 6.01. The maximum atomic E-state index is 12.4. The molecule has 1 amide bonds. The Labute approximate surface area is 162 Å². The number of carbonyl (C=O) groups excluding carboxylic acids is 1. The number of phenols is 1. The molecule has 142 valence electrons. The smallest absolute Gasteiger partial charge is 0.275 e. The van der Waals surface area contributed by atoms with E-state index in [-0.39, 0.29) is 11.3 Å². The maximum Gasteiger partial charge on any atom is 0.275 e. The molecular formula is C22H20N2O4. The third-order valence-corrected chi connectivity index (χ3v) is 4.03. The number of fused-ring (bicyclic) bond motifs is 1. The zero-order chi connectivity index (χ0) is 19.9. The molecule has 0 aromatic heterocycles. The third kappa shape index (κ3) is 4.29. The van der Waals surface area contributed by atoms with Gasteiger partial charge in [-0.2, -0.15) is 5.10 Å². The molecule has 0 heterocycles. The standard InChI is InChI=1S/C22H20N2O4/c1-3-10-28-20-9-8-15(11-21(20)27-2)14-23-24-22(26)18-12-16-6-4-5-7-17(16)13-19(18)25/h3-9,11-14,25H,1,10H2,2H3,(H,24,26). The molecule has 0 fully saturated rings.